The van der Waals surface area contributed by atoms with Gasteiger partial charge in [-0.1, -0.05) is 182 Å². The number of nitrogens with zero attached hydrogens (tertiary/aromatic N) is 2. The van der Waals surface area contributed by atoms with Crippen LogP contribution in [0.3, 0.4) is 0 Å². The maximum Gasteiger partial charge on any atom is 0.137 e. The van der Waals surface area contributed by atoms with Gasteiger partial charge in [-0.3, -0.25) is 0 Å². The number of benzene rings is 11. The van der Waals surface area contributed by atoms with Crippen molar-refractivity contribution in [2.24, 2.45) is 0 Å². The van der Waals surface area contributed by atoms with E-state index in [1.807, 2.05) is 0 Å². The third-order valence-corrected chi connectivity index (χ3v) is 12.4. The summed E-state index contributed by atoms with van der Waals surface area (Å²) in [5.41, 5.74) is 13.4. The Labute approximate surface area is 367 Å². The van der Waals surface area contributed by atoms with Crippen LogP contribution in [0.5, 0.6) is 11.5 Å². The Balaban J connectivity index is 1.07. The Hall–Kier alpha value is -8.40. The standard InChI is InChI=1S/C60H40N2O/c1-3-15-41(16-4-1)43-31-35-47(36-32-43)61(53-27-11-21-45-19-7-9-23-49(45)53)55-39-40-58-59-51(55)25-13-26-52(59)60-56(29-14-30-57(60)63-58)62(54-28-12-22-46-20-8-10-24-50(46)54)48-37-33-44(34-38-48)42-17-5-2-6-18-42/h1-40H. The van der Waals surface area contributed by atoms with Crippen LogP contribution >= 0.6 is 0 Å². The third kappa shape index (κ3) is 6.29. The zero-order chi connectivity index (χ0) is 41.7. The molecule has 0 unspecified atom stereocenters. The number of fused-ring (bicyclic) bond motifs is 4. The van der Waals surface area contributed by atoms with E-state index in [0.29, 0.717) is 0 Å². The Morgan fingerprint density at radius 2 is 0.698 bits per heavy atom. The summed E-state index contributed by atoms with van der Waals surface area (Å²) in [6.45, 7) is 0. The molecule has 0 fully saturated rings. The number of ether oxygens (including phenoxy) is 1. The molecule has 0 aliphatic carbocycles. The first-order chi connectivity index (χ1) is 31.3. The first kappa shape index (κ1) is 36.5. The molecule has 0 saturated heterocycles. The molecular weight excluding hydrogens is 765 g/mol. The van der Waals surface area contributed by atoms with Crippen molar-refractivity contribution in [2.75, 3.05) is 9.80 Å². The van der Waals surface area contributed by atoms with E-state index >= 15 is 0 Å². The third-order valence-electron chi connectivity index (χ3n) is 12.4. The van der Waals surface area contributed by atoms with E-state index < -0.39 is 0 Å². The summed E-state index contributed by atoms with van der Waals surface area (Å²) in [6.07, 6.45) is 0. The van der Waals surface area contributed by atoms with Gasteiger partial charge < -0.3 is 14.5 Å². The van der Waals surface area contributed by atoms with Gasteiger partial charge in [0.25, 0.3) is 0 Å². The predicted molar refractivity (Wildman–Crippen MR) is 265 cm³/mol. The van der Waals surface area contributed by atoms with Crippen LogP contribution in [0.2, 0.25) is 0 Å². The monoisotopic (exact) mass is 804 g/mol. The van der Waals surface area contributed by atoms with Crippen LogP contribution in [0.25, 0.3) is 65.7 Å². The summed E-state index contributed by atoms with van der Waals surface area (Å²) in [5.74, 6) is 1.67. The lowest BCUT2D eigenvalue weighted by Crippen LogP contribution is -2.14. The summed E-state index contributed by atoms with van der Waals surface area (Å²) < 4.78 is 7.01. The van der Waals surface area contributed by atoms with Gasteiger partial charge in [-0.15, -0.1) is 0 Å². The Kier molecular flexibility index (Phi) is 8.83. The summed E-state index contributed by atoms with van der Waals surface area (Å²) >= 11 is 0. The second-order valence-corrected chi connectivity index (χ2v) is 16.1. The lowest BCUT2D eigenvalue weighted by molar-refractivity contribution is 0.487. The van der Waals surface area contributed by atoms with E-state index in [9.17, 15) is 0 Å². The van der Waals surface area contributed by atoms with Crippen molar-refractivity contribution in [1.82, 2.24) is 0 Å². The van der Waals surface area contributed by atoms with Crippen LogP contribution < -0.4 is 14.5 Å². The van der Waals surface area contributed by atoms with E-state index in [2.05, 4.69) is 252 Å². The van der Waals surface area contributed by atoms with E-state index in [4.69, 9.17) is 4.74 Å². The number of hydrogen-bond acceptors (Lipinski definition) is 3. The number of anilines is 6. The van der Waals surface area contributed by atoms with E-state index in [1.165, 1.54) is 43.8 Å². The first-order valence-corrected chi connectivity index (χ1v) is 21.5. The van der Waals surface area contributed by atoms with Crippen LogP contribution in [0, 0.1) is 0 Å². The molecule has 0 N–H and O–H groups in total. The van der Waals surface area contributed by atoms with Crippen molar-refractivity contribution in [1.29, 1.82) is 0 Å². The molecule has 0 bridgehead atoms. The quantitative estimate of drug-likeness (QED) is 0.152. The minimum absolute atomic E-state index is 0.828. The van der Waals surface area contributed by atoms with Gasteiger partial charge in [0, 0.05) is 38.5 Å². The van der Waals surface area contributed by atoms with Crippen molar-refractivity contribution >= 4 is 66.4 Å². The summed E-state index contributed by atoms with van der Waals surface area (Å²) in [6, 6.07) is 87.0. The van der Waals surface area contributed by atoms with Crippen LogP contribution in [-0.4, -0.2) is 0 Å². The van der Waals surface area contributed by atoms with Gasteiger partial charge in [-0.25, -0.2) is 0 Å². The number of rotatable bonds is 8. The molecule has 0 spiro atoms. The maximum absolute atomic E-state index is 7.01. The fraction of sp³-hybridized carbons (Fsp3) is 0. The fourth-order valence-electron chi connectivity index (χ4n) is 9.52. The highest BCUT2D eigenvalue weighted by Crippen LogP contribution is 2.55. The van der Waals surface area contributed by atoms with Crippen molar-refractivity contribution in [3.63, 3.8) is 0 Å². The van der Waals surface area contributed by atoms with Gasteiger partial charge >= 0.3 is 0 Å². The molecule has 1 aliphatic rings. The summed E-state index contributed by atoms with van der Waals surface area (Å²) in [5, 5.41) is 6.92. The van der Waals surface area contributed by atoms with Crippen LogP contribution in [0.4, 0.5) is 34.1 Å². The molecule has 11 aromatic carbocycles. The number of hydrogen-bond donors (Lipinski definition) is 0. The highest BCUT2D eigenvalue weighted by atomic mass is 16.5. The average molecular weight is 805 g/mol. The van der Waals surface area contributed by atoms with Gasteiger partial charge in [0.15, 0.2) is 0 Å². The lowest BCUT2D eigenvalue weighted by Gasteiger charge is -2.33. The molecule has 0 saturated carbocycles. The van der Waals surface area contributed by atoms with Gasteiger partial charge in [0.1, 0.15) is 11.5 Å². The van der Waals surface area contributed by atoms with Crippen molar-refractivity contribution in [3.8, 4) is 44.9 Å². The van der Waals surface area contributed by atoms with Crippen LogP contribution in [0.15, 0.2) is 243 Å². The molecule has 12 rings (SSSR count). The summed E-state index contributed by atoms with van der Waals surface area (Å²) in [4.78, 5) is 4.82. The Bertz CT molecular complexity index is 3460. The van der Waals surface area contributed by atoms with Crippen molar-refractivity contribution in [3.05, 3.63) is 243 Å². The van der Waals surface area contributed by atoms with E-state index in [-0.39, 0.29) is 0 Å². The molecule has 63 heavy (non-hydrogen) atoms. The lowest BCUT2D eigenvalue weighted by atomic mass is 9.91. The minimum atomic E-state index is 0.828. The van der Waals surface area contributed by atoms with Crippen LogP contribution in [0.1, 0.15) is 0 Å². The first-order valence-electron chi connectivity index (χ1n) is 21.5. The fourth-order valence-corrected chi connectivity index (χ4v) is 9.52. The molecule has 11 aromatic rings. The zero-order valence-corrected chi connectivity index (χ0v) is 34.4. The van der Waals surface area contributed by atoms with E-state index in [1.54, 1.807) is 0 Å². The Morgan fingerprint density at radius 1 is 0.270 bits per heavy atom. The topological polar surface area (TPSA) is 15.7 Å². The molecule has 0 aromatic heterocycles. The normalized spacial score (nSPS) is 11.6. The second-order valence-electron chi connectivity index (χ2n) is 16.1. The van der Waals surface area contributed by atoms with Crippen molar-refractivity contribution in [2.45, 2.75) is 0 Å². The van der Waals surface area contributed by atoms with Crippen molar-refractivity contribution < 1.29 is 4.74 Å². The molecule has 1 heterocycles. The molecule has 0 amide bonds. The zero-order valence-electron chi connectivity index (χ0n) is 34.4. The van der Waals surface area contributed by atoms with Crippen LogP contribution in [-0.2, 0) is 0 Å². The Morgan fingerprint density at radius 3 is 1.29 bits per heavy atom. The SMILES string of the molecule is c1ccc(-c2ccc(N(c3cccc4c3-c3cccc5c(N(c6ccc(-c7ccccc7)cc6)c6cccc7ccccc67)ccc(c35)O4)c3cccc4ccccc34)cc2)cc1. The molecule has 0 radical (unpaired) electrons. The molecule has 1 aliphatic heterocycles. The van der Waals surface area contributed by atoms with Gasteiger partial charge in [0.2, 0.25) is 0 Å². The maximum atomic E-state index is 7.01. The second kappa shape index (κ2) is 15.3. The molecule has 296 valence electrons. The van der Waals surface area contributed by atoms with E-state index in [0.717, 1.165) is 67.5 Å². The molecule has 3 nitrogen and oxygen atoms in total. The van der Waals surface area contributed by atoms with Gasteiger partial charge in [-0.05, 0) is 99.3 Å². The highest BCUT2D eigenvalue weighted by molar-refractivity contribution is 6.14. The van der Waals surface area contributed by atoms with Gasteiger partial charge in [0.05, 0.1) is 22.7 Å². The average Bonchev–Trinajstić information content (AvgIpc) is 3.36. The van der Waals surface area contributed by atoms with Gasteiger partial charge in [-0.2, -0.15) is 0 Å². The molecular formula is C60H40N2O. The predicted octanol–water partition coefficient (Wildman–Crippen LogP) is 17.2. The molecule has 3 heteroatoms. The molecule has 0 atom stereocenters. The smallest absolute Gasteiger partial charge is 0.137 e. The summed E-state index contributed by atoms with van der Waals surface area (Å²) in [7, 11) is 0. The largest absolute Gasteiger partial charge is 0.456 e. The highest BCUT2D eigenvalue weighted by Gasteiger charge is 2.29. The minimum Gasteiger partial charge on any atom is -0.456 e.